The first kappa shape index (κ1) is 19.1. The van der Waals surface area contributed by atoms with Gasteiger partial charge in [0.05, 0.1) is 0 Å². The molecule has 3 rings (SSSR count). The topological polar surface area (TPSA) is 53.5 Å². The monoisotopic (exact) mass is 365 g/mol. The van der Waals surface area contributed by atoms with Gasteiger partial charge >= 0.3 is 0 Å². The molecule has 1 aliphatic heterocycles. The standard InChI is InChI=1S/C22H27N3O2/c1-2-20-17-24(21(26)11-10-18-9-6-13-23-15-18)14-12-22(27)25(20)16-19-7-4-3-5-8-19/h3-9,13,15,20H,2,10-12,14,16-17H2,1H3/t20-/m0/s1. The zero-order chi connectivity index (χ0) is 19.1. The van der Waals surface area contributed by atoms with Crippen molar-refractivity contribution >= 4 is 11.8 Å². The highest BCUT2D eigenvalue weighted by molar-refractivity contribution is 5.80. The first-order valence-electron chi connectivity index (χ1n) is 9.67. The summed E-state index contributed by atoms with van der Waals surface area (Å²) in [6.45, 7) is 3.81. The second kappa shape index (κ2) is 9.31. The van der Waals surface area contributed by atoms with Crippen molar-refractivity contribution in [2.75, 3.05) is 13.1 Å². The molecule has 1 saturated heterocycles. The van der Waals surface area contributed by atoms with Crippen molar-refractivity contribution in [2.24, 2.45) is 0 Å². The van der Waals surface area contributed by atoms with E-state index in [2.05, 4.69) is 11.9 Å². The van der Waals surface area contributed by atoms with Crippen molar-refractivity contribution in [2.45, 2.75) is 45.2 Å². The summed E-state index contributed by atoms with van der Waals surface area (Å²) < 4.78 is 0. The number of pyridine rings is 1. The van der Waals surface area contributed by atoms with Crippen LogP contribution in [-0.2, 0) is 22.6 Å². The van der Waals surface area contributed by atoms with Crippen LogP contribution in [-0.4, -0.2) is 45.7 Å². The highest BCUT2D eigenvalue weighted by Crippen LogP contribution is 2.18. The molecule has 1 aliphatic rings. The highest BCUT2D eigenvalue weighted by atomic mass is 16.2. The molecule has 0 N–H and O–H groups in total. The molecule has 0 aliphatic carbocycles. The Hall–Kier alpha value is -2.69. The third-order valence-corrected chi connectivity index (χ3v) is 5.16. The van der Waals surface area contributed by atoms with Crippen molar-refractivity contribution in [3.63, 3.8) is 0 Å². The fraction of sp³-hybridized carbons (Fsp3) is 0.409. The summed E-state index contributed by atoms with van der Waals surface area (Å²) in [4.78, 5) is 33.4. The van der Waals surface area contributed by atoms with E-state index in [0.29, 0.717) is 38.9 Å². The maximum atomic E-state index is 12.7. The molecular weight excluding hydrogens is 338 g/mol. The van der Waals surface area contributed by atoms with E-state index in [0.717, 1.165) is 17.5 Å². The van der Waals surface area contributed by atoms with Gasteiger partial charge in [0.25, 0.3) is 0 Å². The van der Waals surface area contributed by atoms with Gasteiger partial charge in [-0.1, -0.05) is 43.3 Å². The van der Waals surface area contributed by atoms with Gasteiger partial charge in [-0.25, -0.2) is 0 Å². The molecule has 0 saturated carbocycles. The van der Waals surface area contributed by atoms with Gasteiger partial charge in [-0.05, 0) is 30.0 Å². The van der Waals surface area contributed by atoms with E-state index in [4.69, 9.17) is 0 Å². The zero-order valence-corrected chi connectivity index (χ0v) is 15.9. The predicted octanol–water partition coefficient (Wildman–Crippen LogP) is 3.05. The van der Waals surface area contributed by atoms with Gasteiger partial charge in [0.1, 0.15) is 0 Å². The largest absolute Gasteiger partial charge is 0.340 e. The SMILES string of the molecule is CC[C@H]1CN(C(=O)CCc2cccnc2)CCC(=O)N1Cc1ccccc1. The van der Waals surface area contributed by atoms with Gasteiger partial charge in [-0.3, -0.25) is 14.6 Å². The van der Waals surface area contributed by atoms with Crippen molar-refractivity contribution in [3.8, 4) is 0 Å². The van der Waals surface area contributed by atoms with Crippen LogP contribution in [0.1, 0.15) is 37.3 Å². The summed E-state index contributed by atoms with van der Waals surface area (Å²) in [7, 11) is 0. The molecule has 0 radical (unpaired) electrons. The minimum Gasteiger partial charge on any atom is -0.340 e. The van der Waals surface area contributed by atoms with E-state index in [9.17, 15) is 9.59 Å². The average molecular weight is 365 g/mol. The normalized spacial score (nSPS) is 17.7. The van der Waals surface area contributed by atoms with Crippen molar-refractivity contribution in [1.29, 1.82) is 0 Å². The van der Waals surface area contributed by atoms with E-state index in [1.54, 1.807) is 12.4 Å². The van der Waals surface area contributed by atoms with Crippen LogP contribution in [0, 0.1) is 0 Å². The predicted molar refractivity (Wildman–Crippen MR) is 105 cm³/mol. The summed E-state index contributed by atoms with van der Waals surface area (Å²) >= 11 is 0. The smallest absolute Gasteiger partial charge is 0.224 e. The first-order chi connectivity index (χ1) is 13.2. The van der Waals surface area contributed by atoms with Gasteiger partial charge < -0.3 is 9.80 Å². The van der Waals surface area contributed by atoms with E-state index >= 15 is 0 Å². The molecule has 5 heteroatoms. The van der Waals surface area contributed by atoms with Crippen molar-refractivity contribution in [1.82, 2.24) is 14.8 Å². The number of aryl methyl sites for hydroxylation is 1. The molecule has 142 valence electrons. The van der Waals surface area contributed by atoms with Gasteiger partial charge in [-0.15, -0.1) is 0 Å². The Morgan fingerprint density at radius 1 is 1.15 bits per heavy atom. The Balaban J connectivity index is 1.64. The van der Waals surface area contributed by atoms with Crippen LogP contribution in [0.2, 0.25) is 0 Å². The quantitative estimate of drug-likeness (QED) is 0.791. The molecule has 1 fully saturated rings. The van der Waals surface area contributed by atoms with Crippen LogP contribution in [0.15, 0.2) is 54.9 Å². The maximum absolute atomic E-state index is 12.7. The molecule has 27 heavy (non-hydrogen) atoms. The fourth-order valence-electron chi connectivity index (χ4n) is 3.55. The van der Waals surface area contributed by atoms with Crippen LogP contribution in [0.3, 0.4) is 0 Å². The number of benzene rings is 1. The van der Waals surface area contributed by atoms with Gasteiger partial charge in [0.2, 0.25) is 11.8 Å². The lowest BCUT2D eigenvalue weighted by atomic mass is 10.1. The van der Waals surface area contributed by atoms with Crippen LogP contribution < -0.4 is 0 Å². The van der Waals surface area contributed by atoms with Crippen LogP contribution in [0.5, 0.6) is 0 Å². The molecule has 1 aromatic heterocycles. The van der Waals surface area contributed by atoms with Crippen LogP contribution in [0.4, 0.5) is 0 Å². The maximum Gasteiger partial charge on any atom is 0.224 e. The summed E-state index contributed by atoms with van der Waals surface area (Å²) in [5.41, 5.74) is 2.19. The molecule has 1 aromatic carbocycles. The Morgan fingerprint density at radius 3 is 2.63 bits per heavy atom. The second-order valence-electron chi connectivity index (χ2n) is 7.02. The lowest BCUT2D eigenvalue weighted by Gasteiger charge is -2.31. The average Bonchev–Trinajstić information content (AvgIpc) is 2.87. The third-order valence-electron chi connectivity index (χ3n) is 5.16. The van der Waals surface area contributed by atoms with E-state index in [-0.39, 0.29) is 17.9 Å². The number of rotatable bonds is 6. The number of nitrogens with zero attached hydrogens (tertiary/aromatic N) is 3. The van der Waals surface area contributed by atoms with Crippen molar-refractivity contribution in [3.05, 3.63) is 66.0 Å². The van der Waals surface area contributed by atoms with E-state index in [1.165, 1.54) is 0 Å². The summed E-state index contributed by atoms with van der Waals surface area (Å²) in [6, 6.07) is 14.0. The van der Waals surface area contributed by atoms with Crippen LogP contribution >= 0.6 is 0 Å². The van der Waals surface area contributed by atoms with E-state index in [1.807, 2.05) is 52.3 Å². The molecule has 2 aromatic rings. The Morgan fingerprint density at radius 2 is 1.93 bits per heavy atom. The number of carbonyl (C=O) groups excluding carboxylic acids is 2. The molecule has 2 amide bonds. The Bertz CT molecular complexity index is 749. The van der Waals surface area contributed by atoms with Crippen LogP contribution in [0.25, 0.3) is 0 Å². The van der Waals surface area contributed by atoms with Gasteiger partial charge in [0, 0.05) is 50.9 Å². The number of aromatic nitrogens is 1. The lowest BCUT2D eigenvalue weighted by molar-refractivity contribution is -0.133. The lowest BCUT2D eigenvalue weighted by Crippen LogP contribution is -2.43. The van der Waals surface area contributed by atoms with Gasteiger partial charge in [0.15, 0.2) is 0 Å². The second-order valence-corrected chi connectivity index (χ2v) is 7.02. The molecule has 0 bridgehead atoms. The summed E-state index contributed by atoms with van der Waals surface area (Å²) in [5.74, 6) is 0.250. The summed E-state index contributed by atoms with van der Waals surface area (Å²) in [6.07, 6.45) is 5.90. The molecule has 5 nitrogen and oxygen atoms in total. The Labute approximate surface area is 161 Å². The third kappa shape index (κ3) is 5.16. The van der Waals surface area contributed by atoms with Gasteiger partial charge in [-0.2, -0.15) is 0 Å². The molecule has 2 heterocycles. The zero-order valence-electron chi connectivity index (χ0n) is 15.9. The minimum atomic E-state index is 0.0579. The molecule has 0 unspecified atom stereocenters. The molecular formula is C22H27N3O2. The van der Waals surface area contributed by atoms with E-state index < -0.39 is 0 Å². The van der Waals surface area contributed by atoms with Crippen molar-refractivity contribution < 1.29 is 9.59 Å². The molecule has 0 spiro atoms. The molecule has 1 atom stereocenters. The highest BCUT2D eigenvalue weighted by Gasteiger charge is 2.30. The Kier molecular flexibility index (Phi) is 6.58. The number of hydrogen-bond acceptors (Lipinski definition) is 3. The fourth-order valence-corrected chi connectivity index (χ4v) is 3.55. The number of amides is 2. The number of carbonyl (C=O) groups is 2. The minimum absolute atomic E-state index is 0.0579. The first-order valence-corrected chi connectivity index (χ1v) is 9.67. The summed E-state index contributed by atoms with van der Waals surface area (Å²) in [5, 5.41) is 0. The number of hydrogen-bond donors (Lipinski definition) is 0.